The molecule has 0 aromatic heterocycles. The van der Waals surface area contributed by atoms with Gasteiger partial charge in [-0.15, -0.1) is 0 Å². The first-order chi connectivity index (χ1) is 10.6. The normalized spacial score (nSPS) is 13.2. The van der Waals surface area contributed by atoms with Crippen LogP contribution in [0.3, 0.4) is 0 Å². The predicted octanol–water partition coefficient (Wildman–Crippen LogP) is 3.02. The van der Waals surface area contributed by atoms with E-state index in [4.69, 9.17) is 5.73 Å². The van der Waals surface area contributed by atoms with Gasteiger partial charge in [0, 0.05) is 5.69 Å². The van der Waals surface area contributed by atoms with Crippen LogP contribution < -0.4 is 11.1 Å². The Morgan fingerprint density at radius 3 is 2.32 bits per heavy atom. The molecule has 0 aliphatic rings. The van der Waals surface area contributed by atoms with E-state index in [1.165, 1.54) is 11.1 Å². The highest BCUT2D eigenvalue weighted by molar-refractivity contribution is 5.92. The third kappa shape index (κ3) is 4.60. The first kappa shape index (κ1) is 16.0. The molecule has 0 heterocycles. The van der Waals surface area contributed by atoms with Crippen molar-refractivity contribution in [3.05, 3.63) is 65.7 Å². The monoisotopic (exact) mass is 296 g/mol. The van der Waals surface area contributed by atoms with Crippen molar-refractivity contribution in [2.75, 3.05) is 26.0 Å². The molecule has 0 radical (unpaired) electrons. The number of hydrogen-bond donors (Lipinski definition) is 2. The van der Waals surface area contributed by atoms with Gasteiger partial charge in [0.1, 0.15) is 0 Å². The summed E-state index contributed by atoms with van der Waals surface area (Å²) in [6.45, 7) is 2.70. The van der Waals surface area contributed by atoms with Crippen LogP contribution in [0.1, 0.15) is 17.2 Å². The summed E-state index contributed by atoms with van der Waals surface area (Å²) >= 11 is 0. The lowest BCUT2D eigenvalue weighted by atomic mass is 10.0. The summed E-state index contributed by atoms with van der Waals surface area (Å²) in [6.07, 6.45) is 0. The van der Waals surface area contributed by atoms with Crippen molar-refractivity contribution in [1.82, 2.24) is 4.90 Å². The lowest BCUT2D eigenvalue weighted by molar-refractivity contribution is 0.306. The number of nitrogens with one attached hydrogen (secondary N) is 1. The zero-order chi connectivity index (χ0) is 15.9. The third-order valence-electron chi connectivity index (χ3n) is 3.57. The maximum absolute atomic E-state index is 5.98. The molecule has 22 heavy (non-hydrogen) atoms. The molecule has 0 saturated carbocycles. The number of guanidine groups is 1. The summed E-state index contributed by atoms with van der Waals surface area (Å²) in [5, 5.41) is 3.11. The summed E-state index contributed by atoms with van der Waals surface area (Å²) < 4.78 is 0. The molecule has 1 unspecified atom stereocenters. The Kier molecular flexibility index (Phi) is 5.55. The molecule has 0 aliphatic heterocycles. The van der Waals surface area contributed by atoms with Gasteiger partial charge in [-0.3, -0.25) is 4.99 Å². The Hall–Kier alpha value is -2.33. The fraction of sp³-hybridized carbons (Fsp3) is 0.278. The molecule has 2 aromatic rings. The average molecular weight is 296 g/mol. The van der Waals surface area contributed by atoms with Crippen LogP contribution in [0, 0.1) is 6.92 Å². The zero-order valence-corrected chi connectivity index (χ0v) is 13.5. The van der Waals surface area contributed by atoms with E-state index in [0.717, 1.165) is 5.69 Å². The molecule has 0 aliphatic carbocycles. The van der Waals surface area contributed by atoms with Gasteiger partial charge >= 0.3 is 0 Å². The second-order valence-corrected chi connectivity index (χ2v) is 5.61. The SMILES string of the molecule is Cc1ccc(C(CN=C(N)Nc2ccccc2)N(C)C)cc1. The van der Waals surface area contributed by atoms with Crippen molar-refractivity contribution in [2.24, 2.45) is 10.7 Å². The molecule has 116 valence electrons. The number of benzene rings is 2. The second-order valence-electron chi connectivity index (χ2n) is 5.61. The van der Waals surface area contributed by atoms with E-state index in [1.807, 2.05) is 30.3 Å². The van der Waals surface area contributed by atoms with E-state index in [9.17, 15) is 0 Å². The fourth-order valence-electron chi connectivity index (χ4n) is 2.25. The quantitative estimate of drug-likeness (QED) is 0.659. The van der Waals surface area contributed by atoms with Crippen LogP contribution in [0.15, 0.2) is 59.6 Å². The Bertz CT molecular complexity index is 603. The van der Waals surface area contributed by atoms with Crippen LogP contribution in [0.4, 0.5) is 5.69 Å². The number of nitrogens with zero attached hydrogens (tertiary/aromatic N) is 2. The lowest BCUT2D eigenvalue weighted by Crippen LogP contribution is -2.27. The van der Waals surface area contributed by atoms with Gasteiger partial charge in [0.2, 0.25) is 0 Å². The standard InChI is InChI=1S/C18H24N4/c1-14-9-11-15(12-10-14)17(22(2)3)13-20-18(19)21-16-7-5-4-6-8-16/h4-12,17H,13H2,1-3H3,(H3,19,20,21). The minimum atomic E-state index is 0.205. The number of aliphatic imine (C=N–C) groups is 1. The molecule has 0 bridgehead atoms. The van der Waals surface area contributed by atoms with Gasteiger partial charge in [-0.25, -0.2) is 0 Å². The lowest BCUT2D eigenvalue weighted by Gasteiger charge is -2.23. The Balaban J connectivity index is 2.05. The molecular weight excluding hydrogens is 272 g/mol. The van der Waals surface area contributed by atoms with Gasteiger partial charge in [-0.05, 0) is 38.7 Å². The van der Waals surface area contributed by atoms with Gasteiger partial charge < -0.3 is 16.0 Å². The summed E-state index contributed by atoms with van der Waals surface area (Å²) in [7, 11) is 4.11. The Morgan fingerprint density at radius 2 is 1.73 bits per heavy atom. The van der Waals surface area contributed by atoms with Crippen LogP contribution in [0.25, 0.3) is 0 Å². The van der Waals surface area contributed by atoms with Gasteiger partial charge in [0.25, 0.3) is 0 Å². The van der Waals surface area contributed by atoms with Gasteiger partial charge in [0.15, 0.2) is 5.96 Å². The van der Waals surface area contributed by atoms with Gasteiger partial charge in [0.05, 0.1) is 12.6 Å². The van der Waals surface area contributed by atoms with E-state index in [0.29, 0.717) is 12.5 Å². The molecule has 0 fully saturated rings. The molecule has 2 rings (SSSR count). The number of rotatable bonds is 5. The molecule has 1 atom stereocenters. The summed E-state index contributed by atoms with van der Waals surface area (Å²) in [4.78, 5) is 6.64. The molecule has 0 saturated heterocycles. The van der Waals surface area contributed by atoms with Crippen molar-refractivity contribution >= 4 is 11.6 Å². The largest absolute Gasteiger partial charge is 0.370 e. The number of nitrogens with two attached hydrogens (primary N) is 1. The number of aryl methyl sites for hydroxylation is 1. The first-order valence-corrected chi connectivity index (χ1v) is 7.41. The second kappa shape index (κ2) is 7.61. The molecule has 4 nitrogen and oxygen atoms in total. The minimum Gasteiger partial charge on any atom is -0.370 e. The predicted molar refractivity (Wildman–Crippen MR) is 94.2 cm³/mol. The van der Waals surface area contributed by atoms with Crippen molar-refractivity contribution in [1.29, 1.82) is 0 Å². The first-order valence-electron chi connectivity index (χ1n) is 7.41. The van der Waals surface area contributed by atoms with Crippen molar-refractivity contribution in [3.63, 3.8) is 0 Å². The highest BCUT2D eigenvalue weighted by Gasteiger charge is 2.13. The highest BCUT2D eigenvalue weighted by Crippen LogP contribution is 2.19. The van der Waals surface area contributed by atoms with E-state index in [-0.39, 0.29) is 6.04 Å². The van der Waals surface area contributed by atoms with Crippen LogP contribution in [0.5, 0.6) is 0 Å². The highest BCUT2D eigenvalue weighted by atomic mass is 15.1. The van der Waals surface area contributed by atoms with Crippen molar-refractivity contribution in [2.45, 2.75) is 13.0 Å². The number of para-hydroxylation sites is 1. The topological polar surface area (TPSA) is 53.6 Å². The minimum absolute atomic E-state index is 0.205. The van der Waals surface area contributed by atoms with E-state index in [2.05, 4.69) is 60.5 Å². The summed E-state index contributed by atoms with van der Waals surface area (Å²) in [6, 6.07) is 18.6. The number of anilines is 1. The maximum atomic E-state index is 5.98. The zero-order valence-electron chi connectivity index (χ0n) is 13.5. The van der Waals surface area contributed by atoms with E-state index < -0.39 is 0 Å². The molecule has 0 spiro atoms. The van der Waals surface area contributed by atoms with Crippen LogP contribution >= 0.6 is 0 Å². The fourth-order valence-corrected chi connectivity index (χ4v) is 2.25. The third-order valence-corrected chi connectivity index (χ3v) is 3.57. The van der Waals surface area contributed by atoms with Crippen LogP contribution in [-0.4, -0.2) is 31.5 Å². The molecular formula is C18H24N4. The molecule has 4 heteroatoms. The molecule has 0 amide bonds. The van der Waals surface area contributed by atoms with Gasteiger partial charge in [-0.1, -0.05) is 48.0 Å². The Labute approximate surface area is 132 Å². The maximum Gasteiger partial charge on any atom is 0.193 e. The number of hydrogen-bond acceptors (Lipinski definition) is 2. The summed E-state index contributed by atoms with van der Waals surface area (Å²) in [5.74, 6) is 0.435. The molecule has 2 aromatic carbocycles. The number of likely N-dealkylation sites (N-methyl/N-ethyl adjacent to an activating group) is 1. The van der Waals surface area contributed by atoms with Gasteiger partial charge in [-0.2, -0.15) is 0 Å². The van der Waals surface area contributed by atoms with E-state index >= 15 is 0 Å². The Morgan fingerprint density at radius 1 is 1.09 bits per heavy atom. The van der Waals surface area contributed by atoms with Crippen LogP contribution in [-0.2, 0) is 0 Å². The molecule has 3 N–H and O–H groups in total. The van der Waals surface area contributed by atoms with E-state index in [1.54, 1.807) is 0 Å². The van der Waals surface area contributed by atoms with Crippen LogP contribution in [0.2, 0.25) is 0 Å². The van der Waals surface area contributed by atoms with Crippen molar-refractivity contribution in [3.8, 4) is 0 Å². The summed E-state index contributed by atoms with van der Waals surface area (Å²) in [5.41, 5.74) is 9.42. The smallest absolute Gasteiger partial charge is 0.193 e. The average Bonchev–Trinajstić information content (AvgIpc) is 2.50. The van der Waals surface area contributed by atoms with Crippen molar-refractivity contribution < 1.29 is 0 Å².